The van der Waals surface area contributed by atoms with E-state index in [1.165, 1.54) is 0 Å². The summed E-state index contributed by atoms with van der Waals surface area (Å²) < 4.78 is 16.0. The van der Waals surface area contributed by atoms with E-state index in [1.807, 2.05) is 51.1 Å². The number of benzene rings is 1. The summed E-state index contributed by atoms with van der Waals surface area (Å²) in [6.45, 7) is 9.24. The molecule has 172 valence electrons. The molecule has 0 radical (unpaired) electrons. The predicted octanol–water partition coefficient (Wildman–Crippen LogP) is 2.40. The van der Waals surface area contributed by atoms with Crippen LogP contribution in [0.5, 0.6) is 0 Å². The smallest absolute Gasteiger partial charge is 0.409 e. The van der Waals surface area contributed by atoms with E-state index in [1.54, 1.807) is 16.7 Å². The van der Waals surface area contributed by atoms with Crippen molar-refractivity contribution in [3.63, 3.8) is 0 Å². The molecule has 3 amide bonds. The predicted molar refractivity (Wildman–Crippen MR) is 114 cm³/mol. The molecule has 9 nitrogen and oxygen atoms in total. The zero-order chi connectivity index (χ0) is 22.9. The number of hydrogen-bond acceptors (Lipinski definition) is 6. The number of amides is 3. The maximum absolute atomic E-state index is 13.1. The highest BCUT2D eigenvalue weighted by molar-refractivity contribution is 5.86. The van der Waals surface area contributed by atoms with Gasteiger partial charge in [-0.05, 0) is 33.3 Å². The van der Waals surface area contributed by atoms with Crippen molar-refractivity contribution in [2.75, 3.05) is 39.4 Å². The second-order valence-electron chi connectivity index (χ2n) is 8.19. The average Bonchev–Trinajstić information content (AvgIpc) is 2.75. The highest BCUT2D eigenvalue weighted by Crippen LogP contribution is 2.11. The number of nitrogens with one attached hydrogen (secondary N) is 1. The zero-order valence-electron chi connectivity index (χ0n) is 18.8. The van der Waals surface area contributed by atoms with Gasteiger partial charge in [0.2, 0.25) is 5.91 Å². The second-order valence-corrected chi connectivity index (χ2v) is 8.19. The van der Waals surface area contributed by atoms with Crippen molar-refractivity contribution >= 4 is 18.1 Å². The van der Waals surface area contributed by atoms with Crippen molar-refractivity contribution in [1.29, 1.82) is 0 Å². The van der Waals surface area contributed by atoms with Crippen LogP contribution in [0.25, 0.3) is 0 Å². The molecule has 1 aliphatic rings. The quantitative estimate of drug-likeness (QED) is 0.706. The molecular formula is C22H33N3O6. The molecule has 0 bridgehead atoms. The van der Waals surface area contributed by atoms with Gasteiger partial charge in [-0.2, -0.15) is 0 Å². The standard InChI is InChI=1S/C22H33N3O6/c1-5-29-21(28)25-13-11-24(12-14-25)19(26)18(16-31-22(2,3)4)23-20(27)30-15-17-9-7-6-8-10-17/h6-10,18H,5,11-16H2,1-4H3,(H,23,27). The minimum atomic E-state index is -0.892. The van der Waals surface area contributed by atoms with Gasteiger partial charge in [-0.1, -0.05) is 30.3 Å². The van der Waals surface area contributed by atoms with Gasteiger partial charge in [-0.25, -0.2) is 9.59 Å². The first kappa shape index (κ1) is 24.5. The Morgan fingerprint density at radius 2 is 1.61 bits per heavy atom. The van der Waals surface area contributed by atoms with Crippen molar-refractivity contribution in [3.05, 3.63) is 35.9 Å². The summed E-state index contributed by atoms with van der Waals surface area (Å²) >= 11 is 0. The Bertz CT molecular complexity index is 727. The number of piperazine rings is 1. The van der Waals surface area contributed by atoms with Crippen LogP contribution in [0.4, 0.5) is 9.59 Å². The molecule has 2 rings (SSSR count). The van der Waals surface area contributed by atoms with Crippen molar-refractivity contribution in [2.45, 2.75) is 45.9 Å². The molecule has 1 fully saturated rings. The van der Waals surface area contributed by atoms with Gasteiger partial charge in [0.1, 0.15) is 12.6 Å². The lowest BCUT2D eigenvalue weighted by molar-refractivity contribution is -0.138. The molecule has 31 heavy (non-hydrogen) atoms. The molecule has 1 aliphatic heterocycles. The van der Waals surface area contributed by atoms with E-state index >= 15 is 0 Å². The first-order valence-electron chi connectivity index (χ1n) is 10.5. The Morgan fingerprint density at radius 1 is 1.00 bits per heavy atom. The topological polar surface area (TPSA) is 97.4 Å². The van der Waals surface area contributed by atoms with Gasteiger partial charge < -0.3 is 29.3 Å². The summed E-state index contributed by atoms with van der Waals surface area (Å²) in [7, 11) is 0. The monoisotopic (exact) mass is 435 g/mol. The van der Waals surface area contributed by atoms with E-state index in [2.05, 4.69) is 5.32 Å². The molecule has 1 aromatic rings. The van der Waals surface area contributed by atoms with Crippen LogP contribution in [0, 0.1) is 0 Å². The van der Waals surface area contributed by atoms with Crippen LogP contribution in [-0.2, 0) is 25.6 Å². The maximum atomic E-state index is 13.1. The molecule has 0 aliphatic carbocycles. The molecule has 1 saturated heterocycles. The van der Waals surface area contributed by atoms with Gasteiger partial charge >= 0.3 is 12.2 Å². The van der Waals surface area contributed by atoms with Crippen LogP contribution in [0.2, 0.25) is 0 Å². The van der Waals surface area contributed by atoms with Gasteiger partial charge in [-0.15, -0.1) is 0 Å². The van der Waals surface area contributed by atoms with Crippen LogP contribution in [0.1, 0.15) is 33.3 Å². The third kappa shape index (κ3) is 8.45. The van der Waals surface area contributed by atoms with Gasteiger partial charge in [0.25, 0.3) is 0 Å². The zero-order valence-corrected chi connectivity index (χ0v) is 18.8. The van der Waals surface area contributed by atoms with Crippen molar-refractivity contribution in [2.24, 2.45) is 0 Å². The molecular weight excluding hydrogens is 402 g/mol. The van der Waals surface area contributed by atoms with Crippen molar-refractivity contribution in [1.82, 2.24) is 15.1 Å². The Morgan fingerprint density at radius 3 is 2.19 bits per heavy atom. The first-order chi connectivity index (χ1) is 14.7. The number of carbonyl (C=O) groups is 3. The minimum Gasteiger partial charge on any atom is -0.450 e. The molecule has 1 atom stereocenters. The SMILES string of the molecule is CCOC(=O)N1CCN(C(=O)C(COC(C)(C)C)NC(=O)OCc2ccccc2)CC1. The molecule has 1 heterocycles. The number of hydrogen-bond donors (Lipinski definition) is 1. The lowest BCUT2D eigenvalue weighted by Crippen LogP contribution is -2.57. The first-order valence-corrected chi connectivity index (χ1v) is 10.5. The van der Waals surface area contributed by atoms with Crippen molar-refractivity contribution in [3.8, 4) is 0 Å². The molecule has 9 heteroatoms. The third-order valence-electron chi connectivity index (χ3n) is 4.60. The normalized spacial score (nSPS) is 15.2. The average molecular weight is 436 g/mol. The summed E-state index contributed by atoms with van der Waals surface area (Å²) in [4.78, 5) is 40.4. The van der Waals surface area contributed by atoms with Gasteiger partial charge in [-0.3, -0.25) is 4.79 Å². The number of carbonyl (C=O) groups excluding carboxylic acids is 3. The number of nitrogens with zero attached hydrogens (tertiary/aromatic N) is 2. The summed E-state index contributed by atoms with van der Waals surface area (Å²) in [5, 5.41) is 2.63. The number of alkyl carbamates (subject to hydrolysis) is 1. The van der Waals surface area contributed by atoms with Gasteiger partial charge in [0, 0.05) is 26.2 Å². The molecule has 0 saturated carbocycles. The van der Waals surface area contributed by atoms with E-state index in [4.69, 9.17) is 14.2 Å². The summed E-state index contributed by atoms with van der Waals surface area (Å²) in [5.74, 6) is -0.274. The molecule has 0 spiro atoms. The Hall–Kier alpha value is -2.81. The highest BCUT2D eigenvalue weighted by atomic mass is 16.6. The fraction of sp³-hybridized carbons (Fsp3) is 0.591. The highest BCUT2D eigenvalue weighted by Gasteiger charge is 2.31. The fourth-order valence-electron chi connectivity index (χ4n) is 2.96. The molecule has 1 N–H and O–H groups in total. The Kier molecular flexibility index (Phi) is 9.11. The van der Waals surface area contributed by atoms with Crippen molar-refractivity contribution < 1.29 is 28.6 Å². The Labute approximate surface area is 183 Å². The van der Waals surface area contributed by atoms with E-state index in [-0.39, 0.29) is 25.2 Å². The third-order valence-corrected chi connectivity index (χ3v) is 4.60. The second kappa shape index (κ2) is 11.5. The summed E-state index contributed by atoms with van der Waals surface area (Å²) in [5.41, 5.74) is 0.373. The Balaban J connectivity index is 1.94. The van der Waals surface area contributed by atoms with Gasteiger partial charge in [0.15, 0.2) is 0 Å². The van der Waals surface area contributed by atoms with Crippen LogP contribution in [-0.4, -0.2) is 78.9 Å². The molecule has 0 aromatic heterocycles. The lowest BCUT2D eigenvalue weighted by atomic mass is 10.2. The van der Waals surface area contributed by atoms with E-state index in [0.29, 0.717) is 32.8 Å². The summed E-state index contributed by atoms with van der Waals surface area (Å²) in [6, 6.07) is 8.40. The molecule has 1 unspecified atom stereocenters. The van der Waals surface area contributed by atoms with Gasteiger partial charge in [0.05, 0.1) is 18.8 Å². The number of ether oxygens (including phenoxy) is 3. The van der Waals surface area contributed by atoms with Crippen LogP contribution < -0.4 is 5.32 Å². The lowest BCUT2D eigenvalue weighted by Gasteiger charge is -2.36. The van der Waals surface area contributed by atoms with E-state index < -0.39 is 17.7 Å². The number of rotatable bonds is 7. The minimum absolute atomic E-state index is 0.0147. The van der Waals surface area contributed by atoms with Crippen LogP contribution >= 0.6 is 0 Å². The molecule has 1 aromatic carbocycles. The van der Waals surface area contributed by atoms with E-state index in [9.17, 15) is 14.4 Å². The summed E-state index contributed by atoms with van der Waals surface area (Å²) in [6.07, 6.45) is -1.07. The maximum Gasteiger partial charge on any atom is 0.409 e. The van der Waals surface area contributed by atoms with Crippen LogP contribution in [0.15, 0.2) is 30.3 Å². The van der Waals surface area contributed by atoms with E-state index in [0.717, 1.165) is 5.56 Å². The van der Waals surface area contributed by atoms with Crippen LogP contribution in [0.3, 0.4) is 0 Å². The fourth-order valence-corrected chi connectivity index (χ4v) is 2.96. The largest absolute Gasteiger partial charge is 0.450 e.